The second kappa shape index (κ2) is 6.62. The lowest BCUT2D eigenvalue weighted by Gasteiger charge is -2.20. The first-order valence-electron chi connectivity index (χ1n) is 7.62. The molecule has 0 aliphatic carbocycles. The second-order valence-electron chi connectivity index (χ2n) is 5.52. The highest BCUT2D eigenvalue weighted by atomic mass is 16.6. The van der Waals surface area contributed by atoms with E-state index < -0.39 is 0 Å². The fourth-order valence-corrected chi connectivity index (χ4v) is 2.47. The van der Waals surface area contributed by atoms with Crippen molar-refractivity contribution in [3.63, 3.8) is 0 Å². The number of benzene rings is 2. The van der Waals surface area contributed by atoms with Crippen LogP contribution < -0.4 is 20.1 Å². The van der Waals surface area contributed by atoms with Gasteiger partial charge in [-0.2, -0.15) is 0 Å². The molecule has 6 heteroatoms. The molecular formula is C18H18N2O4. The Hall–Kier alpha value is -3.02. The summed E-state index contributed by atoms with van der Waals surface area (Å²) < 4.78 is 11.0. The maximum Gasteiger partial charge on any atom is 0.256 e. The number of hydrogen-bond donors (Lipinski definition) is 2. The summed E-state index contributed by atoms with van der Waals surface area (Å²) in [6.45, 7) is 4.29. The van der Waals surface area contributed by atoms with Gasteiger partial charge in [0, 0.05) is 23.9 Å². The first kappa shape index (κ1) is 15.9. The lowest BCUT2D eigenvalue weighted by molar-refractivity contribution is -0.114. The predicted molar refractivity (Wildman–Crippen MR) is 90.9 cm³/mol. The minimum absolute atomic E-state index is 0.140. The summed E-state index contributed by atoms with van der Waals surface area (Å²) in [4.78, 5) is 23.5. The Morgan fingerprint density at radius 3 is 2.04 bits per heavy atom. The Morgan fingerprint density at radius 1 is 0.917 bits per heavy atom. The topological polar surface area (TPSA) is 76.7 Å². The molecule has 0 fully saturated rings. The third kappa shape index (κ3) is 3.48. The van der Waals surface area contributed by atoms with E-state index in [0.29, 0.717) is 41.7 Å². The van der Waals surface area contributed by atoms with Crippen LogP contribution in [-0.4, -0.2) is 25.0 Å². The van der Waals surface area contributed by atoms with Gasteiger partial charge in [0.15, 0.2) is 11.5 Å². The predicted octanol–water partition coefficient (Wildman–Crippen LogP) is 2.98. The van der Waals surface area contributed by atoms with Crippen molar-refractivity contribution in [2.45, 2.75) is 13.8 Å². The van der Waals surface area contributed by atoms with Crippen LogP contribution in [0.2, 0.25) is 0 Å². The molecule has 0 spiro atoms. The highest BCUT2D eigenvalue weighted by Gasteiger charge is 2.18. The Balaban J connectivity index is 1.76. The van der Waals surface area contributed by atoms with Crippen LogP contribution in [0, 0.1) is 6.92 Å². The van der Waals surface area contributed by atoms with Gasteiger partial charge in [-0.1, -0.05) is 0 Å². The normalized spacial score (nSPS) is 12.4. The molecule has 3 rings (SSSR count). The number of amides is 2. The van der Waals surface area contributed by atoms with Crippen molar-refractivity contribution in [2.75, 3.05) is 23.8 Å². The third-order valence-corrected chi connectivity index (χ3v) is 3.60. The molecule has 6 nitrogen and oxygen atoms in total. The fraction of sp³-hybridized carbons (Fsp3) is 0.222. The first-order chi connectivity index (χ1) is 11.5. The number of anilines is 2. The van der Waals surface area contributed by atoms with Gasteiger partial charge in [-0.25, -0.2) is 0 Å². The Labute approximate surface area is 139 Å². The number of nitrogens with one attached hydrogen (secondary N) is 2. The van der Waals surface area contributed by atoms with Crippen LogP contribution in [0.15, 0.2) is 36.4 Å². The Kier molecular flexibility index (Phi) is 4.37. The van der Waals surface area contributed by atoms with Gasteiger partial charge in [-0.05, 0) is 48.9 Å². The summed E-state index contributed by atoms with van der Waals surface area (Å²) in [6.07, 6.45) is 0. The SMILES string of the molecule is CC(=O)Nc1ccc(NC(=O)c2cc3c(cc2C)OCCO3)cc1. The molecule has 0 aromatic heterocycles. The van der Waals surface area contributed by atoms with Crippen molar-refractivity contribution in [1.82, 2.24) is 0 Å². The molecule has 2 aromatic carbocycles. The van der Waals surface area contributed by atoms with Gasteiger partial charge >= 0.3 is 0 Å². The minimum atomic E-state index is -0.225. The Morgan fingerprint density at radius 2 is 1.46 bits per heavy atom. The van der Waals surface area contributed by atoms with E-state index in [9.17, 15) is 9.59 Å². The molecule has 24 heavy (non-hydrogen) atoms. The quantitative estimate of drug-likeness (QED) is 0.909. The summed E-state index contributed by atoms with van der Waals surface area (Å²) in [6, 6.07) is 10.4. The molecule has 2 aromatic rings. The van der Waals surface area contributed by atoms with E-state index in [-0.39, 0.29) is 11.8 Å². The molecule has 0 saturated carbocycles. The average molecular weight is 326 g/mol. The smallest absolute Gasteiger partial charge is 0.256 e. The molecule has 0 unspecified atom stereocenters. The van der Waals surface area contributed by atoms with Crippen molar-refractivity contribution in [3.8, 4) is 11.5 Å². The highest BCUT2D eigenvalue weighted by molar-refractivity contribution is 6.05. The van der Waals surface area contributed by atoms with E-state index in [2.05, 4.69) is 10.6 Å². The second-order valence-corrected chi connectivity index (χ2v) is 5.52. The van der Waals surface area contributed by atoms with Gasteiger partial charge in [0.1, 0.15) is 13.2 Å². The van der Waals surface area contributed by atoms with Crippen LogP contribution in [0.1, 0.15) is 22.8 Å². The summed E-state index contributed by atoms with van der Waals surface area (Å²) >= 11 is 0. The van der Waals surface area contributed by atoms with Gasteiger partial charge in [0.2, 0.25) is 5.91 Å². The van der Waals surface area contributed by atoms with Crippen LogP contribution >= 0.6 is 0 Å². The number of ether oxygens (including phenoxy) is 2. The summed E-state index contributed by atoms with van der Waals surface area (Å²) in [7, 11) is 0. The van der Waals surface area contributed by atoms with E-state index in [0.717, 1.165) is 5.56 Å². The fourth-order valence-electron chi connectivity index (χ4n) is 2.47. The Bertz CT molecular complexity index is 784. The zero-order chi connectivity index (χ0) is 17.1. The zero-order valence-corrected chi connectivity index (χ0v) is 13.5. The number of fused-ring (bicyclic) bond motifs is 1. The molecule has 0 bridgehead atoms. The summed E-state index contributed by atoms with van der Waals surface area (Å²) in [5.41, 5.74) is 2.66. The van der Waals surface area contributed by atoms with Gasteiger partial charge in [0.25, 0.3) is 5.91 Å². The number of carbonyl (C=O) groups is 2. The lowest BCUT2D eigenvalue weighted by Crippen LogP contribution is -2.18. The highest BCUT2D eigenvalue weighted by Crippen LogP contribution is 2.33. The standard InChI is InChI=1S/C18H18N2O4/c1-11-9-16-17(24-8-7-23-16)10-15(11)18(22)20-14-5-3-13(4-6-14)19-12(2)21/h3-6,9-10H,7-8H2,1-2H3,(H,19,21)(H,20,22). The summed E-state index contributed by atoms with van der Waals surface area (Å²) in [5.74, 6) is 0.878. The molecule has 2 N–H and O–H groups in total. The number of hydrogen-bond acceptors (Lipinski definition) is 4. The summed E-state index contributed by atoms with van der Waals surface area (Å²) in [5, 5.41) is 5.52. The van der Waals surface area contributed by atoms with Crippen LogP contribution in [0.3, 0.4) is 0 Å². The van der Waals surface area contributed by atoms with Crippen LogP contribution in [0.4, 0.5) is 11.4 Å². The number of rotatable bonds is 3. The molecule has 1 aliphatic heterocycles. The monoisotopic (exact) mass is 326 g/mol. The average Bonchev–Trinajstić information content (AvgIpc) is 2.55. The van der Waals surface area contributed by atoms with Crippen molar-refractivity contribution < 1.29 is 19.1 Å². The van der Waals surface area contributed by atoms with Crippen LogP contribution in [0.5, 0.6) is 11.5 Å². The molecule has 0 radical (unpaired) electrons. The molecule has 2 amide bonds. The van der Waals surface area contributed by atoms with Gasteiger partial charge < -0.3 is 20.1 Å². The molecule has 124 valence electrons. The van der Waals surface area contributed by atoms with Gasteiger partial charge in [-0.15, -0.1) is 0 Å². The van der Waals surface area contributed by atoms with Crippen molar-refractivity contribution in [3.05, 3.63) is 47.5 Å². The van der Waals surface area contributed by atoms with Crippen molar-refractivity contribution in [2.24, 2.45) is 0 Å². The third-order valence-electron chi connectivity index (χ3n) is 3.60. The zero-order valence-electron chi connectivity index (χ0n) is 13.5. The lowest BCUT2D eigenvalue weighted by atomic mass is 10.1. The van der Waals surface area contributed by atoms with E-state index in [1.165, 1.54) is 6.92 Å². The maximum atomic E-state index is 12.5. The number of carbonyl (C=O) groups excluding carboxylic acids is 2. The molecule has 1 aliphatic rings. The molecule has 0 saturated heterocycles. The van der Waals surface area contributed by atoms with E-state index >= 15 is 0 Å². The molecular weight excluding hydrogens is 308 g/mol. The largest absolute Gasteiger partial charge is 0.486 e. The number of aryl methyl sites for hydroxylation is 1. The van der Waals surface area contributed by atoms with E-state index in [1.54, 1.807) is 30.3 Å². The van der Waals surface area contributed by atoms with E-state index in [4.69, 9.17) is 9.47 Å². The van der Waals surface area contributed by atoms with Crippen molar-refractivity contribution in [1.29, 1.82) is 0 Å². The molecule has 0 atom stereocenters. The van der Waals surface area contributed by atoms with Crippen molar-refractivity contribution >= 4 is 23.2 Å². The van der Waals surface area contributed by atoms with Crippen LogP contribution in [0.25, 0.3) is 0 Å². The van der Waals surface area contributed by atoms with E-state index in [1.807, 2.05) is 13.0 Å². The maximum absolute atomic E-state index is 12.5. The molecule has 1 heterocycles. The minimum Gasteiger partial charge on any atom is -0.486 e. The first-order valence-corrected chi connectivity index (χ1v) is 7.62. The van der Waals surface area contributed by atoms with Crippen LogP contribution in [-0.2, 0) is 4.79 Å². The van der Waals surface area contributed by atoms with Gasteiger partial charge in [-0.3, -0.25) is 9.59 Å². The van der Waals surface area contributed by atoms with Gasteiger partial charge in [0.05, 0.1) is 0 Å².